The van der Waals surface area contributed by atoms with E-state index in [1.807, 2.05) is 18.2 Å². The highest BCUT2D eigenvalue weighted by Crippen LogP contribution is 2.23. The molecule has 0 aliphatic heterocycles. The Bertz CT molecular complexity index is 778. The molecule has 0 spiro atoms. The van der Waals surface area contributed by atoms with Crippen LogP contribution >= 0.6 is 0 Å². The Morgan fingerprint density at radius 1 is 1.08 bits per heavy atom. The maximum Gasteiger partial charge on any atom is 0.408 e. The minimum Gasteiger partial charge on any atom is -0.508 e. The molecule has 2 rings (SSSR count). The molecule has 0 aliphatic rings. The average molecular weight is 357 g/mol. The number of phenolic OH excluding ortho intramolecular Hbond substituents is 1. The van der Waals surface area contributed by atoms with E-state index in [4.69, 9.17) is 4.74 Å². The summed E-state index contributed by atoms with van der Waals surface area (Å²) in [6, 6.07) is 13.1. The van der Waals surface area contributed by atoms with Gasteiger partial charge in [-0.15, -0.1) is 0 Å². The van der Waals surface area contributed by atoms with E-state index in [9.17, 15) is 19.8 Å². The predicted molar refractivity (Wildman–Crippen MR) is 98.0 cm³/mol. The maximum absolute atomic E-state index is 11.8. The van der Waals surface area contributed by atoms with E-state index in [0.29, 0.717) is 0 Å². The zero-order chi connectivity index (χ0) is 19.3. The summed E-state index contributed by atoms with van der Waals surface area (Å²) in [5.74, 6) is -0.952. The van der Waals surface area contributed by atoms with Crippen LogP contribution in [0.5, 0.6) is 5.75 Å². The molecule has 0 aliphatic carbocycles. The molecule has 2 aromatic carbocycles. The number of hydrogen-bond donors (Lipinski definition) is 3. The van der Waals surface area contributed by atoms with Gasteiger partial charge in [0.15, 0.2) is 0 Å². The van der Waals surface area contributed by atoms with Gasteiger partial charge in [-0.05, 0) is 49.6 Å². The number of carbonyl (C=O) groups is 2. The van der Waals surface area contributed by atoms with Gasteiger partial charge in [-0.1, -0.05) is 36.4 Å². The molecule has 0 saturated carbocycles. The summed E-state index contributed by atoms with van der Waals surface area (Å²) in [6.07, 6.45) is -0.629. The summed E-state index contributed by atoms with van der Waals surface area (Å²) in [7, 11) is 0. The van der Waals surface area contributed by atoms with Crippen molar-refractivity contribution in [2.24, 2.45) is 0 Å². The van der Waals surface area contributed by atoms with Crippen molar-refractivity contribution in [1.29, 1.82) is 0 Å². The lowest BCUT2D eigenvalue weighted by Crippen LogP contribution is -2.44. The summed E-state index contributed by atoms with van der Waals surface area (Å²) in [6.45, 7) is 5.13. The van der Waals surface area contributed by atoms with Crippen LogP contribution in [0.2, 0.25) is 0 Å². The first-order chi connectivity index (χ1) is 12.1. The number of hydrogen-bond acceptors (Lipinski definition) is 4. The van der Waals surface area contributed by atoms with E-state index in [1.165, 1.54) is 0 Å². The molecule has 6 heteroatoms. The molecular weight excluding hydrogens is 334 g/mol. The van der Waals surface area contributed by atoms with Crippen LogP contribution in [0.4, 0.5) is 4.79 Å². The molecule has 3 N–H and O–H groups in total. The lowest BCUT2D eigenvalue weighted by molar-refractivity contribution is -0.139. The topological polar surface area (TPSA) is 95.9 Å². The van der Waals surface area contributed by atoms with E-state index in [-0.39, 0.29) is 12.2 Å². The van der Waals surface area contributed by atoms with Crippen molar-refractivity contribution in [3.8, 4) is 16.9 Å². The zero-order valence-electron chi connectivity index (χ0n) is 15.0. The number of phenols is 1. The third-order valence-electron chi connectivity index (χ3n) is 3.56. The molecule has 0 saturated heterocycles. The fourth-order valence-electron chi connectivity index (χ4n) is 2.40. The van der Waals surface area contributed by atoms with Crippen LogP contribution in [0.3, 0.4) is 0 Å². The first-order valence-electron chi connectivity index (χ1n) is 8.25. The van der Waals surface area contributed by atoms with Gasteiger partial charge in [-0.3, -0.25) is 0 Å². The summed E-state index contributed by atoms with van der Waals surface area (Å²) in [5.41, 5.74) is 1.82. The molecule has 0 aromatic heterocycles. The molecule has 26 heavy (non-hydrogen) atoms. The number of carboxylic acid groups (broad SMARTS) is 1. The van der Waals surface area contributed by atoms with Gasteiger partial charge in [-0.25, -0.2) is 9.59 Å². The van der Waals surface area contributed by atoms with E-state index < -0.39 is 23.7 Å². The summed E-state index contributed by atoms with van der Waals surface area (Å²) < 4.78 is 5.11. The van der Waals surface area contributed by atoms with Gasteiger partial charge in [0.05, 0.1) is 0 Å². The highest BCUT2D eigenvalue weighted by molar-refractivity contribution is 5.80. The second-order valence-corrected chi connectivity index (χ2v) is 6.99. The lowest BCUT2D eigenvalue weighted by Gasteiger charge is -2.22. The standard InChI is InChI=1S/C20H23NO5/c1-20(2,3)26-19(25)21-17(18(23)24)11-13-7-9-14(10-8-13)15-5-4-6-16(22)12-15/h4-10,12,17,22H,11H2,1-3H3,(H,21,25)(H,23,24). The van der Waals surface area contributed by atoms with Crippen LogP contribution in [0.25, 0.3) is 11.1 Å². The minimum absolute atomic E-state index is 0.134. The first-order valence-corrected chi connectivity index (χ1v) is 8.25. The Balaban J connectivity index is 2.07. The van der Waals surface area contributed by atoms with Crippen molar-refractivity contribution >= 4 is 12.1 Å². The van der Waals surface area contributed by atoms with Crippen LogP contribution in [-0.2, 0) is 16.0 Å². The maximum atomic E-state index is 11.8. The van der Waals surface area contributed by atoms with Gasteiger partial charge < -0.3 is 20.3 Å². The second kappa shape index (κ2) is 7.91. The molecular formula is C20H23NO5. The second-order valence-electron chi connectivity index (χ2n) is 6.99. The highest BCUT2D eigenvalue weighted by Gasteiger charge is 2.24. The van der Waals surface area contributed by atoms with Crippen molar-refractivity contribution in [3.05, 3.63) is 54.1 Å². The van der Waals surface area contributed by atoms with Gasteiger partial charge in [0.25, 0.3) is 0 Å². The predicted octanol–water partition coefficient (Wildman–Crippen LogP) is 3.58. The number of amides is 1. The molecule has 0 bridgehead atoms. The first kappa shape index (κ1) is 19.3. The van der Waals surface area contributed by atoms with Gasteiger partial charge >= 0.3 is 12.1 Å². The SMILES string of the molecule is CC(C)(C)OC(=O)NC(Cc1ccc(-c2cccc(O)c2)cc1)C(=O)O. The number of ether oxygens (including phenoxy) is 1. The van der Waals surface area contributed by atoms with Crippen molar-refractivity contribution in [3.63, 3.8) is 0 Å². The molecule has 0 fully saturated rings. The van der Waals surface area contributed by atoms with Gasteiger partial charge in [0, 0.05) is 6.42 Å². The van der Waals surface area contributed by atoms with Gasteiger partial charge in [-0.2, -0.15) is 0 Å². The van der Waals surface area contributed by atoms with E-state index in [0.717, 1.165) is 16.7 Å². The summed E-state index contributed by atoms with van der Waals surface area (Å²) in [5, 5.41) is 21.3. The van der Waals surface area contributed by atoms with Crippen LogP contribution in [0.15, 0.2) is 48.5 Å². The van der Waals surface area contributed by atoms with Crippen molar-refractivity contribution in [2.75, 3.05) is 0 Å². The fourth-order valence-corrected chi connectivity index (χ4v) is 2.40. The van der Waals surface area contributed by atoms with Crippen molar-refractivity contribution < 1.29 is 24.5 Å². The van der Waals surface area contributed by atoms with E-state index in [1.54, 1.807) is 51.1 Å². The number of aromatic hydroxyl groups is 1. The number of carboxylic acids is 1. The molecule has 1 amide bonds. The van der Waals surface area contributed by atoms with Gasteiger partial charge in [0.1, 0.15) is 17.4 Å². The number of benzene rings is 2. The number of alkyl carbamates (subject to hydrolysis) is 1. The Kier molecular flexibility index (Phi) is 5.87. The number of nitrogens with one attached hydrogen (secondary N) is 1. The quantitative estimate of drug-likeness (QED) is 0.760. The number of rotatable bonds is 5. The van der Waals surface area contributed by atoms with Gasteiger partial charge in [0.2, 0.25) is 0 Å². The van der Waals surface area contributed by atoms with Crippen molar-refractivity contribution in [2.45, 2.75) is 38.8 Å². The molecule has 2 aromatic rings. The fraction of sp³-hybridized carbons (Fsp3) is 0.300. The third-order valence-corrected chi connectivity index (χ3v) is 3.56. The smallest absolute Gasteiger partial charge is 0.408 e. The lowest BCUT2D eigenvalue weighted by atomic mass is 10.0. The van der Waals surface area contributed by atoms with E-state index >= 15 is 0 Å². The summed E-state index contributed by atoms with van der Waals surface area (Å²) in [4.78, 5) is 23.2. The number of aliphatic carboxylic acids is 1. The average Bonchev–Trinajstić information content (AvgIpc) is 2.53. The monoisotopic (exact) mass is 357 g/mol. The van der Waals surface area contributed by atoms with Crippen molar-refractivity contribution in [1.82, 2.24) is 5.32 Å². The molecule has 1 unspecified atom stereocenters. The third kappa shape index (κ3) is 5.81. The Hall–Kier alpha value is -3.02. The Morgan fingerprint density at radius 2 is 1.73 bits per heavy atom. The van der Waals surface area contributed by atoms with Crippen LogP contribution in [-0.4, -0.2) is 33.9 Å². The molecule has 6 nitrogen and oxygen atoms in total. The zero-order valence-corrected chi connectivity index (χ0v) is 15.0. The Morgan fingerprint density at radius 3 is 2.27 bits per heavy atom. The molecule has 0 heterocycles. The minimum atomic E-state index is -1.13. The van der Waals surface area contributed by atoms with E-state index in [2.05, 4.69) is 5.32 Å². The summed E-state index contributed by atoms with van der Waals surface area (Å²) >= 11 is 0. The largest absolute Gasteiger partial charge is 0.508 e. The molecule has 0 radical (unpaired) electrons. The highest BCUT2D eigenvalue weighted by atomic mass is 16.6. The normalized spacial score (nSPS) is 12.3. The Labute approximate surface area is 152 Å². The van der Waals surface area contributed by atoms with Crippen LogP contribution < -0.4 is 5.32 Å². The number of carbonyl (C=O) groups excluding carboxylic acids is 1. The molecule has 138 valence electrons. The van der Waals surface area contributed by atoms with Crippen LogP contribution in [0.1, 0.15) is 26.3 Å². The van der Waals surface area contributed by atoms with Crippen LogP contribution in [0, 0.1) is 0 Å². The molecule has 1 atom stereocenters.